The monoisotopic (exact) mass is 354 g/mol. The number of hydrogen-bond acceptors (Lipinski definition) is 5. The van der Waals surface area contributed by atoms with Gasteiger partial charge in [-0.15, -0.1) is 5.10 Å². The average molecular weight is 354 g/mol. The molecule has 1 amide bonds. The summed E-state index contributed by atoms with van der Waals surface area (Å²) in [6.07, 6.45) is 7.80. The molecule has 1 aromatic carbocycles. The summed E-state index contributed by atoms with van der Waals surface area (Å²) < 4.78 is 1.53. The molecule has 2 saturated heterocycles. The van der Waals surface area contributed by atoms with Crippen LogP contribution < -0.4 is 5.32 Å². The fourth-order valence-corrected chi connectivity index (χ4v) is 4.49. The third-order valence-corrected chi connectivity index (χ3v) is 5.76. The summed E-state index contributed by atoms with van der Waals surface area (Å²) in [5, 5.41) is 14.6. The minimum atomic E-state index is -0.530. The highest BCUT2D eigenvalue weighted by molar-refractivity contribution is 5.83. The van der Waals surface area contributed by atoms with Crippen LogP contribution in [0.2, 0.25) is 0 Å². The first-order chi connectivity index (χ1) is 12.8. The lowest BCUT2D eigenvalue weighted by Gasteiger charge is -2.44. The summed E-state index contributed by atoms with van der Waals surface area (Å²) in [7, 11) is 0. The summed E-state index contributed by atoms with van der Waals surface area (Å²) in [4.78, 5) is 15.6. The Balaban J connectivity index is 1.45. The van der Waals surface area contributed by atoms with Gasteiger partial charge in [-0.05, 0) is 60.7 Å². The van der Waals surface area contributed by atoms with Gasteiger partial charge in [0.1, 0.15) is 6.33 Å². The van der Waals surface area contributed by atoms with Gasteiger partial charge in [0.05, 0.1) is 0 Å². The van der Waals surface area contributed by atoms with Crippen LogP contribution in [0, 0.1) is 5.92 Å². The van der Waals surface area contributed by atoms with Crippen molar-refractivity contribution in [2.75, 3.05) is 19.6 Å². The highest BCUT2D eigenvalue weighted by Crippen LogP contribution is 2.30. The summed E-state index contributed by atoms with van der Waals surface area (Å²) in [6.45, 7) is 3.16. The maximum atomic E-state index is 13.0. The number of tetrazole rings is 1. The molecule has 0 unspecified atom stereocenters. The van der Waals surface area contributed by atoms with Crippen molar-refractivity contribution in [3.05, 3.63) is 42.2 Å². The van der Waals surface area contributed by atoms with Crippen molar-refractivity contribution in [3.63, 3.8) is 0 Å². The van der Waals surface area contributed by atoms with Crippen LogP contribution in [0.1, 0.15) is 43.7 Å². The number of hydrogen-bond donors (Lipinski definition) is 1. The van der Waals surface area contributed by atoms with Crippen molar-refractivity contribution in [3.8, 4) is 0 Å². The van der Waals surface area contributed by atoms with Crippen LogP contribution in [0.3, 0.4) is 0 Å². The van der Waals surface area contributed by atoms with Crippen molar-refractivity contribution in [1.29, 1.82) is 0 Å². The van der Waals surface area contributed by atoms with E-state index < -0.39 is 6.04 Å². The molecule has 0 spiro atoms. The summed E-state index contributed by atoms with van der Waals surface area (Å²) >= 11 is 0. The van der Waals surface area contributed by atoms with E-state index in [0.717, 1.165) is 12.1 Å². The van der Waals surface area contributed by atoms with Gasteiger partial charge in [0.25, 0.3) is 0 Å². The van der Waals surface area contributed by atoms with E-state index in [4.69, 9.17) is 0 Å². The molecule has 2 aliphatic heterocycles. The zero-order valence-corrected chi connectivity index (χ0v) is 15.0. The van der Waals surface area contributed by atoms with E-state index in [1.807, 2.05) is 30.3 Å². The Morgan fingerprint density at radius 1 is 1.15 bits per heavy atom. The van der Waals surface area contributed by atoms with E-state index in [-0.39, 0.29) is 5.91 Å². The summed E-state index contributed by atoms with van der Waals surface area (Å²) in [5.74, 6) is 0.495. The molecule has 7 nitrogen and oxygen atoms in total. The molecule has 3 heterocycles. The van der Waals surface area contributed by atoms with Crippen LogP contribution in [0.15, 0.2) is 36.7 Å². The lowest BCUT2D eigenvalue weighted by Crippen LogP contribution is -2.51. The van der Waals surface area contributed by atoms with Crippen LogP contribution in [0.5, 0.6) is 0 Å². The molecule has 2 aromatic rings. The molecule has 0 saturated carbocycles. The first kappa shape index (κ1) is 17.1. The Labute approximate surface area is 153 Å². The van der Waals surface area contributed by atoms with E-state index in [1.165, 1.54) is 56.2 Å². The van der Waals surface area contributed by atoms with Gasteiger partial charge in [-0.1, -0.05) is 36.8 Å². The predicted octanol–water partition coefficient (Wildman–Crippen LogP) is 1.64. The number of piperidine rings is 2. The lowest BCUT2D eigenvalue weighted by molar-refractivity contribution is -0.124. The molecule has 138 valence electrons. The number of nitrogens with zero attached hydrogens (tertiary/aromatic N) is 5. The molecule has 26 heavy (non-hydrogen) atoms. The molecule has 3 atom stereocenters. The Bertz CT molecular complexity index is 702. The lowest BCUT2D eigenvalue weighted by atomic mass is 9.83. The number of benzene rings is 1. The number of carbonyl (C=O) groups is 1. The van der Waals surface area contributed by atoms with E-state index in [1.54, 1.807) is 0 Å². The fourth-order valence-electron chi connectivity index (χ4n) is 4.49. The summed E-state index contributed by atoms with van der Waals surface area (Å²) in [5.41, 5.74) is 0.889. The van der Waals surface area contributed by atoms with Gasteiger partial charge in [-0.3, -0.25) is 4.79 Å². The second kappa shape index (κ2) is 7.95. The van der Waals surface area contributed by atoms with Gasteiger partial charge in [0.2, 0.25) is 5.91 Å². The second-order valence-corrected chi connectivity index (χ2v) is 7.35. The number of carbonyl (C=O) groups excluding carboxylic acids is 1. The van der Waals surface area contributed by atoms with Gasteiger partial charge in [-0.25, -0.2) is 4.68 Å². The maximum absolute atomic E-state index is 13.0. The number of fused-ring (bicyclic) bond motifs is 1. The Kier molecular flexibility index (Phi) is 5.24. The van der Waals surface area contributed by atoms with Crippen LogP contribution in [-0.4, -0.2) is 56.7 Å². The number of aromatic nitrogens is 4. The molecular formula is C19H26N6O. The molecule has 0 aliphatic carbocycles. The fraction of sp³-hybridized carbons (Fsp3) is 0.579. The molecule has 0 radical (unpaired) electrons. The maximum Gasteiger partial charge on any atom is 0.249 e. The minimum absolute atomic E-state index is 0.0450. The quantitative estimate of drug-likeness (QED) is 0.883. The van der Waals surface area contributed by atoms with E-state index in [0.29, 0.717) is 12.0 Å². The first-order valence-electron chi connectivity index (χ1n) is 9.62. The molecule has 0 bridgehead atoms. The van der Waals surface area contributed by atoms with E-state index >= 15 is 0 Å². The zero-order valence-electron chi connectivity index (χ0n) is 15.0. The van der Waals surface area contributed by atoms with Crippen LogP contribution >= 0.6 is 0 Å². The standard InChI is InChI=1S/C19H26N6O/c26-19(18(25-14-21-22-23-25)15-7-2-1-3-8-15)20-13-16-9-6-12-24-11-5-4-10-17(16)24/h1-3,7-8,14,16-18H,4-6,9-13H2,(H,20,26)/t16-,17+,18-/m0/s1. The van der Waals surface area contributed by atoms with E-state index in [9.17, 15) is 4.79 Å². The molecule has 1 N–H and O–H groups in total. The smallest absolute Gasteiger partial charge is 0.249 e. The predicted molar refractivity (Wildman–Crippen MR) is 97.3 cm³/mol. The minimum Gasteiger partial charge on any atom is -0.354 e. The number of amides is 1. The molecule has 1 aromatic heterocycles. The van der Waals surface area contributed by atoms with Crippen LogP contribution in [0.4, 0.5) is 0 Å². The Hall–Kier alpha value is -2.28. The molecular weight excluding hydrogens is 328 g/mol. The largest absolute Gasteiger partial charge is 0.354 e. The van der Waals surface area contributed by atoms with E-state index in [2.05, 4.69) is 25.7 Å². The Morgan fingerprint density at radius 2 is 2.00 bits per heavy atom. The van der Waals surface area contributed by atoms with Crippen molar-refractivity contribution in [2.45, 2.75) is 44.2 Å². The normalized spacial score (nSPS) is 24.6. The van der Waals surface area contributed by atoms with Crippen molar-refractivity contribution in [2.24, 2.45) is 5.92 Å². The number of nitrogens with one attached hydrogen (secondary N) is 1. The van der Waals surface area contributed by atoms with Gasteiger partial charge < -0.3 is 10.2 Å². The second-order valence-electron chi connectivity index (χ2n) is 7.35. The molecule has 4 rings (SSSR count). The molecule has 7 heteroatoms. The highest BCUT2D eigenvalue weighted by atomic mass is 16.2. The van der Waals surface area contributed by atoms with Gasteiger partial charge >= 0.3 is 0 Å². The zero-order chi connectivity index (χ0) is 17.8. The molecule has 2 aliphatic rings. The van der Waals surface area contributed by atoms with Gasteiger partial charge in [0.15, 0.2) is 6.04 Å². The van der Waals surface area contributed by atoms with Crippen LogP contribution in [0.25, 0.3) is 0 Å². The van der Waals surface area contributed by atoms with Gasteiger partial charge in [0, 0.05) is 12.6 Å². The third-order valence-electron chi connectivity index (χ3n) is 5.76. The topological polar surface area (TPSA) is 75.9 Å². The van der Waals surface area contributed by atoms with Crippen molar-refractivity contribution >= 4 is 5.91 Å². The first-order valence-corrected chi connectivity index (χ1v) is 9.62. The van der Waals surface area contributed by atoms with Crippen molar-refractivity contribution in [1.82, 2.24) is 30.4 Å². The number of rotatable bonds is 5. The molecule has 2 fully saturated rings. The average Bonchev–Trinajstić information content (AvgIpc) is 3.21. The SMILES string of the molecule is O=C(NC[C@@H]1CCCN2CCCC[C@H]12)[C@H](c1ccccc1)n1cnnn1. The summed E-state index contributed by atoms with van der Waals surface area (Å²) in [6, 6.07) is 9.78. The van der Waals surface area contributed by atoms with Gasteiger partial charge in [-0.2, -0.15) is 0 Å². The third kappa shape index (κ3) is 3.62. The Morgan fingerprint density at radius 3 is 2.81 bits per heavy atom. The van der Waals surface area contributed by atoms with Crippen LogP contribution in [-0.2, 0) is 4.79 Å². The highest BCUT2D eigenvalue weighted by Gasteiger charge is 2.33. The van der Waals surface area contributed by atoms with Crippen molar-refractivity contribution < 1.29 is 4.79 Å².